The second kappa shape index (κ2) is 3.94. The Morgan fingerprint density at radius 1 is 1.33 bits per heavy atom. The first-order valence-corrected chi connectivity index (χ1v) is 2.90. The van der Waals surface area contributed by atoms with Gasteiger partial charge in [0.25, 0.3) is 0 Å². The molecule has 0 saturated carbocycles. The highest BCUT2D eigenvalue weighted by atomic mass is 19.4. The second-order valence-electron chi connectivity index (χ2n) is 1.87. The summed E-state index contributed by atoms with van der Waals surface area (Å²) in [4.78, 5) is 0. The predicted molar refractivity (Wildman–Crippen MR) is 37.7 cm³/mol. The molecule has 1 nitrogen and oxygen atoms in total. The van der Waals surface area contributed by atoms with Crippen molar-refractivity contribution in [2.24, 2.45) is 5.73 Å². The molecule has 0 spiro atoms. The fraction of sp³-hybridized carbons (Fsp3) is 0.143. The van der Waals surface area contributed by atoms with Crippen LogP contribution in [0.25, 0.3) is 0 Å². The van der Waals surface area contributed by atoms with Gasteiger partial charge in [-0.3, -0.25) is 0 Å². The summed E-state index contributed by atoms with van der Waals surface area (Å²) in [5, 5.41) is 0. The second-order valence-corrected chi connectivity index (χ2v) is 1.87. The van der Waals surface area contributed by atoms with Crippen LogP contribution < -0.4 is 5.73 Å². The molecule has 0 rings (SSSR count). The molecule has 5 heteroatoms. The lowest BCUT2D eigenvalue weighted by Crippen LogP contribution is -2.11. The summed E-state index contributed by atoms with van der Waals surface area (Å²) < 4.78 is 47.7. The number of hydrogen-bond acceptors (Lipinski definition) is 1. The number of alkyl halides is 3. The molecule has 0 aliphatic carbocycles. The summed E-state index contributed by atoms with van der Waals surface area (Å²) in [6, 6.07) is 0. The van der Waals surface area contributed by atoms with Gasteiger partial charge in [-0.1, -0.05) is 6.58 Å². The number of halogens is 4. The van der Waals surface area contributed by atoms with E-state index >= 15 is 0 Å². The Hall–Kier alpha value is -1.26. The summed E-state index contributed by atoms with van der Waals surface area (Å²) >= 11 is 0. The molecule has 0 amide bonds. The molecule has 0 aromatic carbocycles. The molecule has 0 aliphatic heterocycles. The van der Waals surface area contributed by atoms with E-state index in [4.69, 9.17) is 5.73 Å². The summed E-state index contributed by atoms with van der Waals surface area (Å²) in [6.45, 7) is 2.55. The van der Waals surface area contributed by atoms with Crippen molar-refractivity contribution in [1.82, 2.24) is 0 Å². The van der Waals surface area contributed by atoms with Gasteiger partial charge >= 0.3 is 6.18 Å². The third-order valence-electron chi connectivity index (χ3n) is 0.972. The molecular formula is C7H7F4N. The smallest absolute Gasteiger partial charge is 0.405 e. The van der Waals surface area contributed by atoms with Gasteiger partial charge in [0.2, 0.25) is 0 Å². The Kier molecular flexibility index (Phi) is 3.53. The summed E-state index contributed by atoms with van der Waals surface area (Å²) in [6.07, 6.45) is -2.46. The quantitative estimate of drug-likeness (QED) is 0.513. The number of allylic oxidation sites excluding steroid dienone is 4. The maximum atomic E-state index is 12.1. The lowest BCUT2D eigenvalue weighted by atomic mass is 10.2. The minimum Gasteiger partial charge on any atom is -0.405 e. The molecule has 12 heavy (non-hydrogen) atoms. The van der Waals surface area contributed by atoms with Crippen LogP contribution in [0.1, 0.15) is 0 Å². The third kappa shape index (κ3) is 3.23. The van der Waals surface area contributed by atoms with Gasteiger partial charge in [0, 0.05) is 0 Å². The molecule has 0 aliphatic rings. The Bertz CT molecular complexity index is 224. The topological polar surface area (TPSA) is 26.0 Å². The third-order valence-corrected chi connectivity index (χ3v) is 0.972. The largest absolute Gasteiger partial charge is 0.419 e. The molecular weight excluding hydrogens is 174 g/mol. The maximum Gasteiger partial charge on any atom is 0.419 e. The zero-order valence-electron chi connectivity index (χ0n) is 6.03. The molecule has 0 atom stereocenters. The Labute approximate surface area is 66.9 Å². The average Bonchev–Trinajstić information content (AvgIpc) is 1.84. The molecule has 0 unspecified atom stereocenters. The minimum atomic E-state index is -4.73. The SMILES string of the molecule is C=C(F)/C(=C\C=C/N)C(F)(F)F. The van der Waals surface area contributed by atoms with Crippen molar-refractivity contribution in [3.63, 3.8) is 0 Å². The fourth-order valence-corrected chi connectivity index (χ4v) is 0.490. The number of rotatable bonds is 2. The van der Waals surface area contributed by atoms with E-state index in [1.807, 2.05) is 0 Å². The number of nitrogens with two attached hydrogens (primary N) is 1. The van der Waals surface area contributed by atoms with Crippen molar-refractivity contribution in [1.29, 1.82) is 0 Å². The minimum absolute atomic E-state index is 0.516. The van der Waals surface area contributed by atoms with Crippen molar-refractivity contribution < 1.29 is 17.6 Å². The van der Waals surface area contributed by atoms with Crippen LogP contribution in [0.5, 0.6) is 0 Å². The normalized spacial score (nSPS) is 13.8. The van der Waals surface area contributed by atoms with Gasteiger partial charge in [-0.15, -0.1) is 0 Å². The Morgan fingerprint density at radius 2 is 1.83 bits per heavy atom. The van der Waals surface area contributed by atoms with Crippen molar-refractivity contribution in [3.05, 3.63) is 36.3 Å². The van der Waals surface area contributed by atoms with Crippen molar-refractivity contribution in [3.8, 4) is 0 Å². The van der Waals surface area contributed by atoms with Crippen molar-refractivity contribution in [2.75, 3.05) is 0 Å². The predicted octanol–water partition coefficient (Wildman–Crippen LogP) is 2.43. The van der Waals surface area contributed by atoms with E-state index in [0.29, 0.717) is 6.08 Å². The molecule has 0 saturated heterocycles. The highest BCUT2D eigenvalue weighted by Crippen LogP contribution is 2.30. The van der Waals surface area contributed by atoms with Gasteiger partial charge in [-0.25, -0.2) is 4.39 Å². The monoisotopic (exact) mass is 181 g/mol. The van der Waals surface area contributed by atoms with E-state index in [-0.39, 0.29) is 0 Å². The van der Waals surface area contributed by atoms with Crippen LogP contribution in [0.4, 0.5) is 17.6 Å². The lowest BCUT2D eigenvalue weighted by Gasteiger charge is -2.07. The van der Waals surface area contributed by atoms with Gasteiger partial charge < -0.3 is 5.73 Å². The summed E-state index contributed by atoms with van der Waals surface area (Å²) in [5.41, 5.74) is 3.35. The molecule has 2 N–H and O–H groups in total. The van der Waals surface area contributed by atoms with Crippen molar-refractivity contribution in [2.45, 2.75) is 6.18 Å². The van der Waals surface area contributed by atoms with E-state index in [1.54, 1.807) is 0 Å². The van der Waals surface area contributed by atoms with Gasteiger partial charge in [0.1, 0.15) is 5.83 Å². The van der Waals surface area contributed by atoms with Gasteiger partial charge in [0.15, 0.2) is 0 Å². The first-order chi connectivity index (χ1) is 5.39. The standard InChI is InChI=1S/C7H7F4N/c1-5(8)6(3-2-4-12)7(9,10)11/h2-4H,1,12H2/b4-2-,6-3+. The summed E-state index contributed by atoms with van der Waals surface area (Å²) in [7, 11) is 0. The summed E-state index contributed by atoms with van der Waals surface area (Å²) in [5.74, 6) is -1.53. The van der Waals surface area contributed by atoms with Crippen LogP contribution in [0.2, 0.25) is 0 Å². The van der Waals surface area contributed by atoms with Gasteiger partial charge in [0.05, 0.1) is 5.57 Å². The maximum absolute atomic E-state index is 12.1. The van der Waals surface area contributed by atoms with E-state index in [0.717, 1.165) is 12.3 Å². The molecule has 0 fully saturated rings. The van der Waals surface area contributed by atoms with E-state index in [9.17, 15) is 17.6 Å². The molecule has 0 heterocycles. The first-order valence-electron chi connectivity index (χ1n) is 2.90. The Morgan fingerprint density at radius 3 is 2.08 bits per heavy atom. The number of hydrogen-bond donors (Lipinski definition) is 1. The molecule has 0 radical (unpaired) electrons. The highest BCUT2D eigenvalue weighted by Gasteiger charge is 2.35. The zero-order valence-corrected chi connectivity index (χ0v) is 6.03. The van der Waals surface area contributed by atoms with Crippen molar-refractivity contribution >= 4 is 0 Å². The lowest BCUT2D eigenvalue weighted by molar-refractivity contribution is -0.0909. The van der Waals surface area contributed by atoms with Gasteiger partial charge in [-0.05, 0) is 18.4 Å². The van der Waals surface area contributed by atoms with Crippen LogP contribution in [0.15, 0.2) is 36.3 Å². The van der Waals surface area contributed by atoms with Crippen LogP contribution in [0.3, 0.4) is 0 Å². The van der Waals surface area contributed by atoms with Crippen LogP contribution in [0, 0.1) is 0 Å². The molecule has 0 bridgehead atoms. The van der Waals surface area contributed by atoms with E-state index < -0.39 is 17.6 Å². The highest BCUT2D eigenvalue weighted by molar-refractivity contribution is 5.30. The van der Waals surface area contributed by atoms with Crippen LogP contribution >= 0.6 is 0 Å². The fourth-order valence-electron chi connectivity index (χ4n) is 0.490. The Balaban J connectivity index is 4.80. The van der Waals surface area contributed by atoms with E-state index in [2.05, 4.69) is 6.58 Å². The van der Waals surface area contributed by atoms with Crippen LogP contribution in [-0.4, -0.2) is 6.18 Å². The van der Waals surface area contributed by atoms with Crippen LogP contribution in [-0.2, 0) is 0 Å². The first kappa shape index (κ1) is 10.7. The van der Waals surface area contributed by atoms with E-state index in [1.165, 1.54) is 0 Å². The average molecular weight is 181 g/mol. The molecule has 0 aromatic heterocycles. The molecule has 68 valence electrons. The molecule has 0 aromatic rings. The zero-order chi connectivity index (χ0) is 9.78. The van der Waals surface area contributed by atoms with Gasteiger partial charge in [-0.2, -0.15) is 13.2 Å².